The first-order valence-electron chi connectivity index (χ1n) is 8.00. The monoisotopic (exact) mass is 305 g/mol. The molecule has 0 bridgehead atoms. The van der Waals surface area contributed by atoms with Gasteiger partial charge in [0.1, 0.15) is 11.9 Å². The molecule has 0 amide bonds. The molecule has 22 heavy (non-hydrogen) atoms. The number of carbonyl (C=O) groups is 1. The third-order valence-corrected chi connectivity index (χ3v) is 4.47. The van der Waals surface area contributed by atoms with Gasteiger partial charge in [0.25, 0.3) is 0 Å². The Hall–Kier alpha value is -1.55. The average Bonchev–Trinajstić information content (AvgIpc) is 2.48. The van der Waals surface area contributed by atoms with Crippen molar-refractivity contribution in [2.45, 2.75) is 44.8 Å². The van der Waals surface area contributed by atoms with Crippen LogP contribution >= 0.6 is 0 Å². The van der Waals surface area contributed by atoms with E-state index in [1.165, 1.54) is 18.9 Å². The van der Waals surface area contributed by atoms with Crippen LogP contribution in [0.15, 0.2) is 24.3 Å². The minimum absolute atomic E-state index is 0.00449. The molecule has 4 nitrogen and oxygen atoms in total. The van der Waals surface area contributed by atoms with Gasteiger partial charge < -0.3 is 14.4 Å². The highest BCUT2D eigenvalue weighted by Gasteiger charge is 2.36. The Morgan fingerprint density at radius 3 is 2.64 bits per heavy atom. The first-order chi connectivity index (χ1) is 10.5. The molecule has 1 saturated carbocycles. The quantitative estimate of drug-likeness (QED) is 0.781. The van der Waals surface area contributed by atoms with Crippen molar-refractivity contribution in [3.8, 4) is 5.75 Å². The summed E-state index contributed by atoms with van der Waals surface area (Å²) in [6.45, 7) is 1.50. The molecule has 1 unspecified atom stereocenters. The molecule has 1 fully saturated rings. The van der Waals surface area contributed by atoms with Gasteiger partial charge in [0, 0.05) is 18.9 Å². The molecule has 0 aromatic heterocycles. The van der Waals surface area contributed by atoms with Crippen LogP contribution in [0.4, 0.5) is 0 Å². The van der Waals surface area contributed by atoms with E-state index >= 15 is 0 Å². The highest BCUT2D eigenvalue weighted by molar-refractivity contribution is 5.66. The highest BCUT2D eigenvalue weighted by atomic mass is 16.5. The summed E-state index contributed by atoms with van der Waals surface area (Å²) in [5.74, 6) is 1.00. The summed E-state index contributed by atoms with van der Waals surface area (Å²) in [7, 11) is 5.86. The van der Waals surface area contributed by atoms with Crippen LogP contribution in [0.3, 0.4) is 0 Å². The van der Waals surface area contributed by atoms with Crippen molar-refractivity contribution >= 4 is 5.97 Å². The minimum atomic E-state index is -0.181. The lowest BCUT2D eigenvalue weighted by Crippen LogP contribution is -2.39. The van der Waals surface area contributed by atoms with Crippen LogP contribution in [0.1, 0.15) is 44.2 Å². The summed E-state index contributed by atoms with van der Waals surface area (Å²) in [6.07, 6.45) is 4.37. The first-order valence-corrected chi connectivity index (χ1v) is 8.00. The standard InChI is InChI=1S/C18H27NO3/c1-13(20)22-17-11-6-5-10-16(17)18(19(2)3)14-8-7-9-15(12-14)21-4/h7-9,12,16-18H,5-6,10-11H2,1-4H3/t16-,17-,18?/m1/s1. The van der Waals surface area contributed by atoms with E-state index in [2.05, 4.69) is 31.1 Å². The largest absolute Gasteiger partial charge is 0.497 e. The molecule has 0 N–H and O–H groups in total. The Morgan fingerprint density at radius 2 is 2.00 bits per heavy atom. The zero-order valence-corrected chi connectivity index (χ0v) is 14.0. The SMILES string of the molecule is COc1cccc(C([C@@H]2CCCC[C@H]2OC(C)=O)N(C)C)c1. The molecule has 0 aliphatic heterocycles. The van der Waals surface area contributed by atoms with Crippen LogP contribution in [0, 0.1) is 5.92 Å². The van der Waals surface area contributed by atoms with Crippen molar-refractivity contribution in [1.82, 2.24) is 4.90 Å². The maximum Gasteiger partial charge on any atom is 0.302 e. The zero-order valence-electron chi connectivity index (χ0n) is 14.0. The predicted octanol–water partition coefficient (Wildman–Crippen LogP) is 3.42. The fourth-order valence-electron chi connectivity index (χ4n) is 3.60. The van der Waals surface area contributed by atoms with E-state index in [4.69, 9.17) is 9.47 Å². The van der Waals surface area contributed by atoms with Crippen molar-refractivity contribution in [1.29, 1.82) is 0 Å². The number of nitrogens with zero attached hydrogens (tertiary/aromatic N) is 1. The molecular formula is C18H27NO3. The molecular weight excluding hydrogens is 278 g/mol. The van der Waals surface area contributed by atoms with E-state index in [1.54, 1.807) is 7.11 Å². The van der Waals surface area contributed by atoms with Gasteiger partial charge in [-0.3, -0.25) is 4.79 Å². The van der Waals surface area contributed by atoms with Crippen LogP contribution in [-0.4, -0.2) is 38.2 Å². The first kappa shape index (κ1) is 16.8. The summed E-state index contributed by atoms with van der Waals surface area (Å²) < 4.78 is 11.0. The summed E-state index contributed by atoms with van der Waals surface area (Å²) in [6, 6.07) is 8.42. The van der Waals surface area contributed by atoms with Gasteiger partial charge in [-0.15, -0.1) is 0 Å². The number of ether oxygens (including phenoxy) is 2. The summed E-state index contributed by atoms with van der Waals surface area (Å²) in [5.41, 5.74) is 1.22. The van der Waals surface area contributed by atoms with Crippen molar-refractivity contribution in [2.75, 3.05) is 21.2 Å². The topological polar surface area (TPSA) is 38.8 Å². The van der Waals surface area contributed by atoms with Crippen molar-refractivity contribution in [2.24, 2.45) is 5.92 Å². The maximum atomic E-state index is 11.4. The molecule has 0 spiro atoms. The third-order valence-electron chi connectivity index (χ3n) is 4.47. The third kappa shape index (κ3) is 4.01. The molecule has 0 radical (unpaired) electrons. The number of benzene rings is 1. The fraction of sp³-hybridized carbons (Fsp3) is 0.611. The summed E-state index contributed by atoms with van der Waals surface area (Å²) in [5, 5.41) is 0. The van der Waals surface area contributed by atoms with Gasteiger partial charge in [0.2, 0.25) is 0 Å². The number of carbonyl (C=O) groups excluding carboxylic acids is 1. The van der Waals surface area contributed by atoms with Crippen LogP contribution in [-0.2, 0) is 9.53 Å². The van der Waals surface area contributed by atoms with Gasteiger partial charge in [0.05, 0.1) is 7.11 Å². The molecule has 1 aromatic carbocycles. The highest BCUT2D eigenvalue weighted by Crippen LogP contribution is 2.39. The fourth-order valence-corrected chi connectivity index (χ4v) is 3.60. The maximum absolute atomic E-state index is 11.4. The molecule has 122 valence electrons. The van der Waals surface area contributed by atoms with E-state index in [0.717, 1.165) is 25.0 Å². The van der Waals surface area contributed by atoms with Crippen LogP contribution in [0.25, 0.3) is 0 Å². The van der Waals surface area contributed by atoms with Gasteiger partial charge >= 0.3 is 5.97 Å². The molecule has 0 saturated heterocycles. The van der Waals surface area contributed by atoms with E-state index < -0.39 is 0 Å². The van der Waals surface area contributed by atoms with Gasteiger partial charge in [-0.2, -0.15) is 0 Å². The Balaban J connectivity index is 2.30. The Bertz CT molecular complexity index is 501. The van der Waals surface area contributed by atoms with Crippen molar-refractivity contribution < 1.29 is 14.3 Å². The summed E-state index contributed by atoms with van der Waals surface area (Å²) in [4.78, 5) is 13.7. The molecule has 2 rings (SSSR count). The lowest BCUT2D eigenvalue weighted by atomic mass is 9.78. The number of rotatable bonds is 5. The molecule has 1 aromatic rings. The molecule has 4 heteroatoms. The lowest BCUT2D eigenvalue weighted by Gasteiger charge is -2.39. The number of hydrogen-bond donors (Lipinski definition) is 0. The van der Waals surface area contributed by atoms with Crippen LogP contribution < -0.4 is 4.74 Å². The Kier molecular flexibility index (Phi) is 5.83. The predicted molar refractivity (Wildman–Crippen MR) is 86.9 cm³/mol. The average molecular weight is 305 g/mol. The van der Waals surface area contributed by atoms with E-state index in [-0.39, 0.29) is 18.1 Å². The van der Waals surface area contributed by atoms with Gasteiger partial charge in [-0.1, -0.05) is 18.6 Å². The van der Waals surface area contributed by atoms with Crippen molar-refractivity contribution in [3.05, 3.63) is 29.8 Å². The Labute approximate surface area is 133 Å². The smallest absolute Gasteiger partial charge is 0.302 e. The molecule has 0 heterocycles. The molecule has 1 aliphatic carbocycles. The molecule has 3 atom stereocenters. The minimum Gasteiger partial charge on any atom is -0.497 e. The van der Waals surface area contributed by atoms with Crippen LogP contribution in [0.2, 0.25) is 0 Å². The second-order valence-corrected chi connectivity index (χ2v) is 6.28. The van der Waals surface area contributed by atoms with Crippen LogP contribution in [0.5, 0.6) is 5.75 Å². The molecule has 1 aliphatic rings. The lowest BCUT2D eigenvalue weighted by molar-refractivity contribution is -0.152. The van der Waals surface area contributed by atoms with Crippen molar-refractivity contribution in [3.63, 3.8) is 0 Å². The second kappa shape index (κ2) is 7.63. The number of hydrogen-bond acceptors (Lipinski definition) is 4. The van der Waals surface area contributed by atoms with Gasteiger partial charge in [-0.05, 0) is 51.1 Å². The van der Waals surface area contributed by atoms with E-state index in [9.17, 15) is 4.79 Å². The van der Waals surface area contributed by atoms with E-state index in [0.29, 0.717) is 5.92 Å². The van der Waals surface area contributed by atoms with Gasteiger partial charge in [-0.25, -0.2) is 0 Å². The Morgan fingerprint density at radius 1 is 1.27 bits per heavy atom. The van der Waals surface area contributed by atoms with E-state index in [1.807, 2.05) is 12.1 Å². The number of esters is 1. The second-order valence-electron chi connectivity index (χ2n) is 6.28. The zero-order chi connectivity index (χ0) is 16.1. The number of methoxy groups -OCH3 is 1. The normalized spacial score (nSPS) is 23.1. The van der Waals surface area contributed by atoms with Gasteiger partial charge in [0.15, 0.2) is 0 Å². The summed E-state index contributed by atoms with van der Waals surface area (Å²) >= 11 is 0.